The normalized spacial score (nSPS) is 11.1. The van der Waals surface area contributed by atoms with Crippen LogP contribution in [0.1, 0.15) is 22.8 Å². The quantitative estimate of drug-likeness (QED) is 0.321. The van der Waals surface area contributed by atoms with Gasteiger partial charge in [-0.2, -0.15) is 0 Å². The fraction of sp³-hybridized carbons (Fsp3) is 0.0800. The van der Waals surface area contributed by atoms with E-state index in [1.807, 2.05) is 91.0 Å². The molecule has 0 radical (unpaired) electrons. The number of imidazole rings is 1. The summed E-state index contributed by atoms with van der Waals surface area (Å²) in [6, 6.07) is 25.2. The molecule has 1 heterocycles. The standard InChI is InChI=1S/C25H21N3O2S/c1-18(29)28-23-10-6-5-9-22(23)27-25(28)31-17-24(30)26-21-15-13-20(14-16-21)12-11-19-7-3-2-4-8-19/h2-16H,17H2,1H3,(H,26,30). The molecule has 0 atom stereocenters. The highest BCUT2D eigenvalue weighted by atomic mass is 32.2. The third-order valence-corrected chi connectivity index (χ3v) is 5.58. The molecule has 0 spiro atoms. The first kappa shape index (κ1) is 20.6. The number of anilines is 1. The maximum Gasteiger partial charge on any atom is 0.234 e. The predicted octanol–water partition coefficient (Wildman–Crippen LogP) is 5.60. The van der Waals surface area contributed by atoms with Crippen LogP contribution in [0.15, 0.2) is 84.0 Å². The molecule has 4 rings (SSSR count). The summed E-state index contributed by atoms with van der Waals surface area (Å²) in [4.78, 5) is 29.0. The molecule has 154 valence electrons. The van der Waals surface area contributed by atoms with E-state index in [4.69, 9.17) is 0 Å². The summed E-state index contributed by atoms with van der Waals surface area (Å²) < 4.78 is 1.54. The van der Waals surface area contributed by atoms with Crippen molar-refractivity contribution in [3.8, 4) is 0 Å². The van der Waals surface area contributed by atoms with Crippen LogP contribution in [-0.2, 0) is 4.79 Å². The molecule has 1 amide bonds. The van der Waals surface area contributed by atoms with Crippen molar-refractivity contribution in [2.45, 2.75) is 12.1 Å². The molecule has 0 saturated heterocycles. The Kier molecular flexibility index (Phi) is 6.29. The van der Waals surface area contributed by atoms with E-state index in [9.17, 15) is 9.59 Å². The first-order chi connectivity index (χ1) is 15.1. The van der Waals surface area contributed by atoms with Gasteiger partial charge < -0.3 is 5.32 Å². The van der Waals surface area contributed by atoms with Gasteiger partial charge in [-0.25, -0.2) is 4.98 Å². The number of amides is 1. The predicted molar refractivity (Wildman–Crippen MR) is 127 cm³/mol. The second-order valence-corrected chi connectivity index (χ2v) is 7.88. The van der Waals surface area contributed by atoms with Crippen LogP contribution in [0.25, 0.3) is 23.2 Å². The first-order valence-corrected chi connectivity index (χ1v) is 10.8. The van der Waals surface area contributed by atoms with Crippen molar-refractivity contribution in [1.29, 1.82) is 0 Å². The van der Waals surface area contributed by atoms with Gasteiger partial charge >= 0.3 is 0 Å². The number of hydrogen-bond acceptors (Lipinski definition) is 4. The Bertz CT molecular complexity index is 1250. The minimum Gasteiger partial charge on any atom is -0.325 e. The minimum absolute atomic E-state index is 0.129. The molecule has 1 N–H and O–H groups in total. The Morgan fingerprint density at radius 1 is 0.903 bits per heavy atom. The number of benzene rings is 3. The molecule has 31 heavy (non-hydrogen) atoms. The summed E-state index contributed by atoms with van der Waals surface area (Å²) in [5, 5.41) is 3.41. The molecule has 0 aliphatic carbocycles. The maximum absolute atomic E-state index is 12.4. The van der Waals surface area contributed by atoms with Gasteiger partial charge in [0, 0.05) is 12.6 Å². The number of nitrogens with zero attached hydrogens (tertiary/aromatic N) is 2. The number of aromatic nitrogens is 2. The van der Waals surface area contributed by atoms with Crippen LogP contribution in [0.3, 0.4) is 0 Å². The van der Waals surface area contributed by atoms with E-state index in [1.165, 1.54) is 18.7 Å². The third kappa shape index (κ3) is 5.10. The minimum atomic E-state index is -0.153. The highest BCUT2D eigenvalue weighted by Crippen LogP contribution is 2.24. The van der Waals surface area contributed by atoms with E-state index < -0.39 is 0 Å². The molecule has 6 heteroatoms. The molecule has 1 aromatic heterocycles. The number of carbonyl (C=O) groups is 2. The number of fused-ring (bicyclic) bond motifs is 1. The lowest BCUT2D eigenvalue weighted by molar-refractivity contribution is -0.113. The van der Waals surface area contributed by atoms with Crippen molar-refractivity contribution in [1.82, 2.24) is 9.55 Å². The number of rotatable bonds is 6. The van der Waals surface area contributed by atoms with Crippen LogP contribution >= 0.6 is 11.8 Å². The zero-order chi connectivity index (χ0) is 21.6. The van der Waals surface area contributed by atoms with E-state index in [2.05, 4.69) is 10.3 Å². The second-order valence-electron chi connectivity index (χ2n) is 6.94. The van der Waals surface area contributed by atoms with Crippen LogP contribution in [0.4, 0.5) is 5.69 Å². The largest absolute Gasteiger partial charge is 0.325 e. The zero-order valence-electron chi connectivity index (χ0n) is 17.0. The molecule has 4 aromatic rings. The summed E-state index contributed by atoms with van der Waals surface area (Å²) >= 11 is 1.25. The van der Waals surface area contributed by atoms with Gasteiger partial charge in [0.05, 0.1) is 16.8 Å². The zero-order valence-corrected chi connectivity index (χ0v) is 17.8. The fourth-order valence-corrected chi connectivity index (χ4v) is 4.02. The molecule has 0 aliphatic rings. The summed E-state index contributed by atoms with van der Waals surface area (Å²) in [5.74, 6) is -0.123. The maximum atomic E-state index is 12.4. The van der Waals surface area contributed by atoms with Crippen LogP contribution in [-0.4, -0.2) is 27.1 Å². The van der Waals surface area contributed by atoms with Crippen molar-refractivity contribution in [2.75, 3.05) is 11.1 Å². The average Bonchev–Trinajstić information content (AvgIpc) is 3.17. The Hall–Kier alpha value is -3.64. The van der Waals surface area contributed by atoms with Crippen molar-refractivity contribution in [3.63, 3.8) is 0 Å². The van der Waals surface area contributed by atoms with E-state index >= 15 is 0 Å². The van der Waals surface area contributed by atoms with Gasteiger partial charge in [0.15, 0.2) is 5.16 Å². The van der Waals surface area contributed by atoms with E-state index in [0.29, 0.717) is 5.16 Å². The van der Waals surface area contributed by atoms with Crippen molar-refractivity contribution in [2.24, 2.45) is 0 Å². The van der Waals surface area contributed by atoms with Gasteiger partial charge in [-0.05, 0) is 35.4 Å². The molecule has 0 saturated carbocycles. The van der Waals surface area contributed by atoms with Crippen LogP contribution in [0.5, 0.6) is 0 Å². The Balaban J connectivity index is 1.37. The van der Waals surface area contributed by atoms with Gasteiger partial charge in [-0.1, -0.05) is 78.5 Å². The number of carbonyl (C=O) groups excluding carboxylic acids is 2. The lowest BCUT2D eigenvalue weighted by atomic mass is 10.1. The lowest BCUT2D eigenvalue weighted by Gasteiger charge is -2.06. The van der Waals surface area contributed by atoms with E-state index in [-0.39, 0.29) is 17.6 Å². The molecular formula is C25H21N3O2S. The fourth-order valence-electron chi connectivity index (χ4n) is 3.17. The number of para-hydroxylation sites is 2. The van der Waals surface area contributed by atoms with Crippen molar-refractivity contribution < 1.29 is 9.59 Å². The van der Waals surface area contributed by atoms with Gasteiger partial charge in [0.25, 0.3) is 0 Å². The van der Waals surface area contributed by atoms with E-state index in [1.54, 1.807) is 4.57 Å². The molecule has 3 aromatic carbocycles. The van der Waals surface area contributed by atoms with Crippen LogP contribution in [0.2, 0.25) is 0 Å². The van der Waals surface area contributed by atoms with Gasteiger partial charge in [-0.3, -0.25) is 14.2 Å². The summed E-state index contributed by atoms with van der Waals surface area (Å²) in [5.41, 5.74) is 4.39. The van der Waals surface area contributed by atoms with Crippen molar-refractivity contribution >= 4 is 52.4 Å². The monoisotopic (exact) mass is 427 g/mol. The highest BCUT2D eigenvalue weighted by Gasteiger charge is 2.15. The van der Waals surface area contributed by atoms with Crippen LogP contribution in [0, 0.1) is 0 Å². The number of thioether (sulfide) groups is 1. The van der Waals surface area contributed by atoms with Gasteiger partial charge in [-0.15, -0.1) is 0 Å². The Morgan fingerprint density at radius 3 is 2.26 bits per heavy atom. The molecule has 0 aliphatic heterocycles. The van der Waals surface area contributed by atoms with Gasteiger partial charge in [0.1, 0.15) is 0 Å². The molecule has 5 nitrogen and oxygen atoms in total. The molecule has 0 unspecified atom stereocenters. The third-order valence-electron chi connectivity index (χ3n) is 4.64. The summed E-state index contributed by atoms with van der Waals surface area (Å²) in [6.07, 6.45) is 4.08. The molecular weight excluding hydrogens is 406 g/mol. The summed E-state index contributed by atoms with van der Waals surface area (Å²) in [7, 11) is 0. The first-order valence-electron chi connectivity index (χ1n) is 9.84. The van der Waals surface area contributed by atoms with E-state index in [0.717, 1.165) is 27.8 Å². The molecule has 0 fully saturated rings. The number of nitrogens with one attached hydrogen (secondary N) is 1. The Labute approximate surface area is 184 Å². The SMILES string of the molecule is CC(=O)n1c(SCC(=O)Nc2ccc(C=Cc3ccccc3)cc2)nc2ccccc21. The van der Waals surface area contributed by atoms with Crippen LogP contribution < -0.4 is 5.32 Å². The average molecular weight is 428 g/mol. The number of hydrogen-bond donors (Lipinski definition) is 1. The second kappa shape index (κ2) is 9.45. The molecule has 0 bridgehead atoms. The van der Waals surface area contributed by atoms with Gasteiger partial charge in [0.2, 0.25) is 11.8 Å². The summed E-state index contributed by atoms with van der Waals surface area (Å²) in [6.45, 7) is 1.49. The smallest absolute Gasteiger partial charge is 0.234 e. The Morgan fingerprint density at radius 2 is 1.55 bits per heavy atom. The highest BCUT2D eigenvalue weighted by molar-refractivity contribution is 7.99. The topological polar surface area (TPSA) is 64.0 Å². The lowest BCUT2D eigenvalue weighted by Crippen LogP contribution is -2.15. The van der Waals surface area contributed by atoms with Crippen molar-refractivity contribution in [3.05, 3.63) is 90.0 Å².